The maximum Gasteiger partial charge on any atom is 0.300 e. The first-order chi connectivity index (χ1) is 7.09. The largest absolute Gasteiger partial charge is 0.454 e. The number of ketones is 1. The minimum Gasteiger partial charge on any atom is -0.454 e. The molecular weight excluding hydrogens is 274 g/mol. The molecule has 0 aromatic heterocycles. The second-order valence-electron chi connectivity index (χ2n) is 2.85. The van der Waals surface area contributed by atoms with Crippen LogP contribution in [0.4, 0.5) is 8.78 Å². The van der Waals surface area contributed by atoms with Crippen molar-refractivity contribution >= 4 is 21.7 Å². The Kier molecular flexibility index (Phi) is 2.60. The number of rotatable bonds is 2. The summed E-state index contributed by atoms with van der Waals surface area (Å²) in [5.74, 6) is -0.491. The molecule has 0 spiro atoms. The molecule has 0 unspecified atom stereocenters. The lowest BCUT2D eigenvalue weighted by Gasteiger charge is -2.04. The van der Waals surface area contributed by atoms with Crippen molar-refractivity contribution in [2.45, 2.75) is 6.43 Å². The molecule has 0 fully saturated rings. The van der Waals surface area contributed by atoms with Gasteiger partial charge in [0.15, 0.2) is 11.5 Å². The molecule has 3 nitrogen and oxygen atoms in total. The number of hydrogen-bond acceptors (Lipinski definition) is 3. The highest BCUT2D eigenvalue weighted by Crippen LogP contribution is 2.37. The molecule has 15 heavy (non-hydrogen) atoms. The van der Waals surface area contributed by atoms with Crippen molar-refractivity contribution < 1.29 is 23.0 Å². The van der Waals surface area contributed by atoms with E-state index in [9.17, 15) is 13.6 Å². The van der Waals surface area contributed by atoms with Gasteiger partial charge in [-0.15, -0.1) is 0 Å². The lowest BCUT2D eigenvalue weighted by Crippen LogP contribution is -2.10. The van der Waals surface area contributed by atoms with Crippen LogP contribution < -0.4 is 9.47 Å². The molecule has 80 valence electrons. The van der Waals surface area contributed by atoms with Crippen LogP contribution in [0.5, 0.6) is 11.5 Å². The molecule has 0 atom stereocenters. The topological polar surface area (TPSA) is 35.5 Å². The molecule has 1 aromatic carbocycles. The van der Waals surface area contributed by atoms with Gasteiger partial charge in [0.05, 0.1) is 0 Å². The summed E-state index contributed by atoms with van der Waals surface area (Å²) in [5.41, 5.74) is -0.103. The molecule has 0 saturated carbocycles. The van der Waals surface area contributed by atoms with Gasteiger partial charge in [-0.05, 0) is 28.1 Å². The summed E-state index contributed by atoms with van der Waals surface area (Å²) in [6.45, 7) is 0.0358. The van der Waals surface area contributed by atoms with Crippen LogP contribution in [0.25, 0.3) is 0 Å². The van der Waals surface area contributed by atoms with Gasteiger partial charge in [0.2, 0.25) is 12.6 Å². The van der Waals surface area contributed by atoms with Gasteiger partial charge in [0, 0.05) is 10.0 Å². The number of alkyl halides is 2. The minimum atomic E-state index is -3.03. The van der Waals surface area contributed by atoms with E-state index in [1.165, 1.54) is 12.1 Å². The molecular formula is C9H5BrF2O3. The molecule has 0 bridgehead atoms. The van der Waals surface area contributed by atoms with Crippen LogP contribution in [0, 0.1) is 0 Å². The predicted molar refractivity (Wildman–Crippen MR) is 50.6 cm³/mol. The van der Waals surface area contributed by atoms with E-state index in [4.69, 9.17) is 9.47 Å². The van der Waals surface area contributed by atoms with Gasteiger partial charge in [-0.25, -0.2) is 8.78 Å². The summed E-state index contributed by atoms with van der Waals surface area (Å²) < 4.78 is 34.7. The van der Waals surface area contributed by atoms with E-state index >= 15 is 0 Å². The van der Waals surface area contributed by atoms with Crippen LogP contribution >= 0.6 is 15.9 Å². The van der Waals surface area contributed by atoms with Crippen molar-refractivity contribution in [3.8, 4) is 11.5 Å². The Morgan fingerprint density at radius 1 is 1.33 bits per heavy atom. The van der Waals surface area contributed by atoms with Gasteiger partial charge >= 0.3 is 6.43 Å². The third kappa shape index (κ3) is 1.81. The van der Waals surface area contributed by atoms with Crippen molar-refractivity contribution in [2.75, 3.05) is 6.79 Å². The zero-order chi connectivity index (χ0) is 11.0. The smallest absolute Gasteiger partial charge is 0.300 e. The monoisotopic (exact) mass is 278 g/mol. The molecule has 0 aliphatic carbocycles. The van der Waals surface area contributed by atoms with Gasteiger partial charge < -0.3 is 9.47 Å². The SMILES string of the molecule is O=C(c1cc2c(cc1Br)OCO2)C(F)F. The van der Waals surface area contributed by atoms with Crippen molar-refractivity contribution in [1.82, 2.24) is 0 Å². The first kappa shape index (κ1) is 10.4. The molecule has 2 rings (SSSR count). The van der Waals surface area contributed by atoms with Gasteiger partial charge in [0.1, 0.15) is 0 Å². The molecule has 1 aromatic rings. The Balaban J connectivity index is 2.45. The predicted octanol–water partition coefficient (Wildman–Crippen LogP) is 2.63. The Morgan fingerprint density at radius 2 is 1.93 bits per heavy atom. The normalized spacial score (nSPS) is 13.3. The fourth-order valence-electron chi connectivity index (χ4n) is 1.22. The number of hydrogen-bond donors (Lipinski definition) is 0. The van der Waals surface area contributed by atoms with E-state index in [0.717, 1.165) is 0 Å². The van der Waals surface area contributed by atoms with E-state index in [-0.39, 0.29) is 16.8 Å². The first-order valence-electron chi connectivity index (χ1n) is 4.01. The minimum absolute atomic E-state index is 0.0358. The lowest BCUT2D eigenvalue weighted by molar-refractivity contribution is 0.0677. The van der Waals surface area contributed by atoms with E-state index in [0.29, 0.717) is 11.5 Å². The number of Topliss-reactive ketones (excluding diaryl/α,β-unsaturated/α-hetero) is 1. The standard InChI is InChI=1S/C9H5BrF2O3/c10-5-2-7-6(14-3-15-7)1-4(5)8(13)9(11)12/h1-2,9H,3H2. The molecule has 1 heterocycles. The van der Waals surface area contributed by atoms with E-state index < -0.39 is 12.2 Å². The Morgan fingerprint density at radius 3 is 2.53 bits per heavy atom. The zero-order valence-corrected chi connectivity index (χ0v) is 8.88. The van der Waals surface area contributed by atoms with Crippen LogP contribution in [0.1, 0.15) is 10.4 Å². The average molecular weight is 279 g/mol. The summed E-state index contributed by atoms with van der Waals surface area (Å²) in [7, 11) is 0. The Labute approximate surface area is 92.1 Å². The molecule has 0 amide bonds. The van der Waals surface area contributed by atoms with Crippen LogP contribution in [-0.2, 0) is 0 Å². The Hall–Kier alpha value is -1.17. The number of halogens is 3. The highest BCUT2D eigenvalue weighted by Gasteiger charge is 2.24. The van der Waals surface area contributed by atoms with Gasteiger partial charge in [-0.1, -0.05) is 0 Å². The van der Waals surface area contributed by atoms with Crippen LogP contribution in [0.3, 0.4) is 0 Å². The molecule has 1 aliphatic rings. The van der Waals surface area contributed by atoms with E-state index in [1.54, 1.807) is 0 Å². The summed E-state index contributed by atoms with van der Waals surface area (Å²) in [4.78, 5) is 11.1. The lowest BCUT2D eigenvalue weighted by atomic mass is 10.1. The molecule has 6 heteroatoms. The van der Waals surface area contributed by atoms with Crippen LogP contribution in [0.15, 0.2) is 16.6 Å². The average Bonchev–Trinajstić information content (AvgIpc) is 2.62. The summed E-state index contributed by atoms with van der Waals surface area (Å²) in [6, 6.07) is 2.69. The molecule has 0 radical (unpaired) electrons. The highest BCUT2D eigenvalue weighted by molar-refractivity contribution is 9.10. The summed E-state index contributed by atoms with van der Waals surface area (Å²) >= 11 is 3.03. The maximum atomic E-state index is 12.2. The van der Waals surface area contributed by atoms with Crippen LogP contribution in [-0.4, -0.2) is 19.0 Å². The maximum absolute atomic E-state index is 12.2. The fourth-order valence-corrected chi connectivity index (χ4v) is 1.74. The van der Waals surface area contributed by atoms with Gasteiger partial charge in [0.25, 0.3) is 0 Å². The zero-order valence-electron chi connectivity index (χ0n) is 7.30. The first-order valence-corrected chi connectivity index (χ1v) is 4.80. The molecule has 1 aliphatic heterocycles. The highest BCUT2D eigenvalue weighted by atomic mass is 79.9. The third-order valence-electron chi connectivity index (χ3n) is 1.93. The quantitative estimate of drug-likeness (QED) is 0.781. The number of fused-ring (bicyclic) bond motifs is 1. The van der Waals surface area contributed by atoms with Gasteiger partial charge in [-0.3, -0.25) is 4.79 Å². The van der Waals surface area contributed by atoms with Gasteiger partial charge in [-0.2, -0.15) is 0 Å². The van der Waals surface area contributed by atoms with Crippen molar-refractivity contribution in [3.05, 3.63) is 22.2 Å². The number of carbonyl (C=O) groups is 1. The number of ether oxygens (including phenoxy) is 2. The van der Waals surface area contributed by atoms with Crippen LogP contribution in [0.2, 0.25) is 0 Å². The third-order valence-corrected chi connectivity index (χ3v) is 2.58. The van der Waals surface area contributed by atoms with E-state index in [1.807, 2.05) is 0 Å². The second-order valence-corrected chi connectivity index (χ2v) is 3.70. The Bertz CT molecular complexity index is 420. The summed E-state index contributed by atoms with van der Waals surface area (Å²) in [5, 5.41) is 0. The number of carbonyl (C=O) groups excluding carboxylic acids is 1. The number of benzene rings is 1. The van der Waals surface area contributed by atoms with Crippen molar-refractivity contribution in [3.63, 3.8) is 0 Å². The fraction of sp³-hybridized carbons (Fsp3) is 0.222. The van der Waals surface area contributed by atoms with Crippen molar-refractivity contribution in [1.29, 1.82) is 0 Å². The van der Waals surface area contributed by atoms with E-state index in [2.05, 4.69) is 15.9 Å². The summed E-state index contributed by atoms with van der Waals surface area (Å²) in [6.07, 6.45) is -3.03. The van der Waals surface area contributed by atoms with Crippen molar-refractivity contribution in [2.24, 2.45) is 0 Å². The molecule has 0 N–H and O–H groups in total. The molecule has 0 saturated heterocycles. The second kappa shape index (κ2) is 3.77.